The highest BCUT2D eigenvalue weighted by Gasteiger charge is 2.13. The molecule has 0 bridgehead atoms. The minimum atomic E-state index is -3.49. The van der Waals surface area contributed by atoms with Crippen LogP contribution < -0.4 is 10.5 Å². The van der Waals surface area contributed by atoms with Crippen molar-refractivity contribution in [3.63, 3.8) is 0 Å². The molecular weight excluding hydrogens is 290 g/mol. The number of thioether (sulfide) groups is 1. The lowest BCUT2D eigenvalue weighted by atomic mass is 10.3. The second-order valence-electron chi connectivity index (χ2n) is 3.49. The Bertz CT molecular complexity index is 500. The van der Waals surface area contributed by atoms with Gasteiger partial charge in [0.05, 0.1) is 5.69 Å². The summed E-state index contributed by atoms with van der Waals surface area (Å²) < 4.78 is 26.2. The smallest absolute Gasteiger partial charge is 0.242 e. The number of hydrogen-bond acceptors (Lipinski definition) is 5. The Labute approximate surface area is 117 Å². The molecule has 3 N–H and O–H groups in total. The molecule has 0 aromatic carbocycles. The van der Waals surface area contributed by atoms with Crippen LogP contribution in [0.4, 0.5) is 0 Å². The maximum Gasteiger partial charge on any atom is 0.242 e. The van der Waals surface area contributed by atoms with Gasteiger partial charge in [0.25, 0.3) is 0 Å². The predicted octanol–water partition coefficient (Wildman–Crippen LogP) is 0.747. The van der Waals surface area contributed by atoms with E-state index in [1.54, 1.807) is 11.8 Å². The van der Waals surface area contributed by atoms with E-state index in [-0.39, 0.29) is 9.88 Å². The van der Waals surface area contributed by atoms with Gasteiger partial charge in [-0.2, -0.15) is 11.8 Å². The van der Waals surface area contributed by atoms with Gasteiger partial charge in [0.1, 0.15) is 9.88 Å². The monoisotopic (exact) mass is 305 g/mol. The number of sulfonamides is 1. The van der Waals surface area contributed by atoms with Crippen LogP contribution in [-0.2, 0) is 10.0 Å². The largest absolute Gasteiger partial charge is 0.388 e. The van der Waals surface area contributed by atoms with Crippen molar-refractivity contribution < 1.29 is 8.42 Å². The lowest BCUT2D eigenvalue weighted by Crippen LogP contribution is -2.25. The number of nitrogens with one attached hydrogen (secondary N) is 1. The van der Waals surface area contributed by atoms with Crippen LogP contribution in [0.25, 0.3) is 0 Å². The summed E-state index contributed by atoms with van der Waals surface area (Å²) in [6.07, 6.45) is 4.02. The van der Waals surface area contributed by atoms with Crippen molar-refractivity contribution in [1.29, 1.82) is 0 Å². The fourth-order valence-corrected chi connectivity index (χ4v) is 2.76. The minimum Gasteiger partial charge on any atom is -0.388 e. The first-order valence-electron chi connectivity index (χ1n) is 5.22. The van der Waals surface area contributed by atoms with Gasteiger partial charge < -0.3 is 5.73 Å². The normalized spacial score (nSPS) is 11.4. The molecule has 1 aromatic rings. The van der Waals surface area contributed by atoms with E-state index in [1.165, 1.54) is 18.3 Å². The molecule has 0 radical (unpaired) electrons. The average molecular weight is 305 g/mol. The number of pyridine rings is 1. The lowest BCUT2D eigenvalue weighted by Gasteiger charge is -2.06. The van der Waals surface area contributed by atoms with Gasteiger partial charge in [0, 0.05) is 12.7 Å². The predicted molar refractivity (Wildman–Crippen MR) is 78.3 cm³/mol. The molecule has 1 aromatic heterocycles. The van der Waals surface area contributed by atoms with Crippen LogP contribution >= 0.6 is 24.0 Å². The van der Waals surface area contributed by atoms with Crippen molar-refractivity contribution >= 4 is 39.0 Å². The number of hydrogen-bond donors (Lipinski definition) is 2. The molecule has 0 aliphatic carbocycles. The SMILES string of the molecule is CSCCCNS(=O)(=O)c1ccc(C(N)=S)nc1. The number of aromatic nitrogens is 1. The Morgan fingerprint density at radius 2 is 2.28 bits per heavy atom. The molecule has 100 valence electrons. The van der Waals surface area contributed by atoms with E-state index in [0.717, 1.165) is 12.2 Å². The molecule has 18 heavy (non-hydrogen) atoms. The Kier molecular flexibility index (Phi) is 6.00. The minimum absolute atomic E-state index is 0.117. The zero-order valence-corrected chi connectivity index (χ0v) is 12.4. The number of thiocarbonyl (C=S) groups is 1. The second kappa shape index (κ2) is 7.03. The van der Waals surface area contributed by atoms with Crippen molar-refractivity contribution in [2.45, 2.75) is 11.3 Å². The molecule has 0 saturated carbocycles. The first-order chi connectivity index (χ1) is 8.47. The third-order valence-corrected chi connectivity index (χ3v) is 4.47. The molecule has 1 heterocycles. The Hall–Kier alpha value is -0.700. The molecule has 1 rings (SSSR count). The standard InChI is InChI=1S/C10H15N3O2S3/c1-17-6-2-5-13-18(14,15)8-3-4-9(10(11)16)12-7-8/h3-4,7,13H,2,5-6H2,1H3,(H2,11,16). The molecular formula is C10H15N3O2S3. The van der Waals surface area contributed by atoms with Crippen LogP contribution in [0.5, 0.6) is 0 Å². The van der Waals surface area contributed by atoms with E-state index < -0.39 is 10.0 Å². The van der Waals surface area contributed by atoms with Crippen LogP contribution in [0, 0.1) is 0 Å². The number of rotatable bonds is 7. The zero-order valence-electron chi connectivity index (χ0n) is 9.92. The average Bonchev–Trinajstić information content (AvgIpc) is 2.35. The van der Waals surface area contributed by atoms with Crippen molar-refractivity contribution in [3.05, 3.63) is 24.0 Å². The molecule has 0 spiro atoms. The van der Waals surface area contributed by atoms with Crippen LogP contribution in [0.1, 0.15) is 12.1 Å². The molecule has 0 fully saturated rings. The highest BCUT2D eigenvalue weighted by atomic mass is 32.2. The molecule has 5 nitrogen and oxygen atoms in total. The van der Waals surface area contributed by atoms with Gasteiger partial charge in [-0.15, -0.1) is 0 Å². The first kappa shape index (κ1) is 15.4. The fourth-order valence-electron chi connectivity index (χ4n) is 1.19. The van der Waals surface area contributed by atoms with Gasteiger partial charge in [-0.25, -0.2) is 13.1 Å². The van der Waals surface area contributed by atoms with Gasteiger partial charge in [0.2, 0.25) is 10.0 Å². The zero-order chi connectivity index (χ0) is 13.6. The van der Waals surface area contributed by atoms with Crippen molar-refractivity contribution in [3.8, 4) is 0 Å². The maximum atomic E-state index is 11.9. The van der Waals surface area contributed by atoms with Gasteiger partial charge in [0.15, 0.2) is 0 Å². The summed E-state index contributed by atoms with van der Waals surface area (Å²) in [5, 5.41) is 0. The van der Waals surface area contributed by atoms with E-state index in [9.17, 15) is 8.42 Å². The molecule has 0 amide bonds. The molecule has 0 aliphatic heterocycles. The summed E-state index contributed by atoms with van der Waals surface area (Å²) in [7, 11) is -3.49. The van der Waals surface area contributed by atoms with Gasteiger partial charge in [-0.05, 0) is 30.6 Å². The van der Waals surface area contributed by atoms with Crippen LogP contribution in [0.2, 0.25) is 0 Å². The topological polar surface area (TPSA) is 85.1 Å². The summed E-state index contributed by atoms with van der Waals surface area (Å²) in [6.45, 7) is 0.417. The van der Waals surface area contributed by atoms with E-state index in [1.807, 2.05) is 6.26 Å². The summed E-state index contributed by atoms with van der Waals surface area (Å²) in [5.41, 5.74) is 5.80. The molecule has 0 aliphatic rings. The molecule has 0 unspecified atom stereocenters. The van der Waals surface area contributed by atoms with Crippen molar-refractivity contribution in [1.82, 2.24) is 9.71 Å². The van der Waals surface area contributed by atoms with E-state index in [0.29, 0.717) is 12.2 Å². The quantitative estimate of drug-likeness (QED) is 0.571. The third-order valence-electron chi connectivity index (χ3n) is 2.12. The maximum absolute atomic E-state index is 11.9. The van der Waals surface area contributed by atoms with Crippen molar-refractivity contribution in [2.24, 2.45) is 5.73 Å². The molecule has 8 heteroatoms. The highest BCUT2D eigenvalue weighted by Crippen LogP contribution is 2.08. The number of nitrogens with two attached hydrogens (primary N) is 1. The first-order valence-corrected chi connectivity index (χ1v) is 8.50. The Morgan fingerprint density at radius 3 is 2.78 bits per heavy atom. The highest BCUT2D eigenvalue weighted by molar-refractivity contribution is 7.98. The Balaban J connectivity index is 2.70. The molecule has 0 atom stereocenters. The fraction of sp³-hybridized carbons (Fsp3) is 0.400. The van der Waals surface area contributed by atoms with Crippen LogP contribution in [0.15, 0.2) is 23.2 Å². The third kappa shape index (κ3) is 4.52. The van der Waals surface area contributed by atoms with Crippen molar-refractivity contribution in [2.75, 3.05) is 18.6 Å². The Morgan fingerprint density at radius 1 is 1.56 bits per heavy atom. The van der Waals surface area contributed by atoms with E-state index in [4.69, 9.17) is 18.0 Å². The summed E-state index contributed by atoms with van der Waals surface area (Å²) >= 11 is 6.42. The number of nitrogens with zero attached hydrogens (tertiary/aromatic N) is 1. The molecule has 0 saturated heterocycles. The van der Waals surface area contributed by atoms with Crippen LogP contribution in [-0.4, -0.2) is 36.9 Å². The summed E-state index contributed by atoms with van der Waals surface area (Å²) in [6, 6.07) is 2.94. The van der Waals surface area contributed by atoms with Gasteiger partial charge in [-0.3, -0.25) is 4.98 Å². The van der Waals surface area contributed by atoms with E-state index >= 15 is 0 Å². The van der Waals surface area contributed by atoms with Gasteiger partial charge >= 0.3 is 0 Å². The summed E-state index contributed by atoms with van der Waals surface area (Å²) in [4.78, 5) is 4.16. The summed E-state index contributed by atoms with van der Waals surface area (Å²) in [5.74, 6) is 0.918. The van der Waals surface area contributed by atoms with E-state index in [2.05, 4.69) is 9.71 Å². The van der Waals surface area contributed by atoms with Crippen LogP contribution in [0.3, 0.4) is 0 Å². The van der Waals surface area contributed by atoms with Gasteiger partial charge in [-0.1, -0.05) is 12.2 Å². The second-order valence-corrected chi connectivity index (χ2v) is 6.68. The lowest BCUT2D eigenvalue weighted by molar-refractivity contribution is 0.580.